The first kappa shape index (κ1) is 12.7. The summed E-state index contributed by atoms with van der Waals surface area (Å²) in [5, 5.41) is 7.17. The van der Waals surface area contributed by atoms with Gasteiger partial charge >= 0.3 is 0 Å². The van der Waals surface area contributed by atoms with Gasteiger partial charge in [0.1, 0.15) is 12.4 Å². The summed E-state index contributed by atoms with van der Waals surface area (Å²) in [5.41, 5.74) is 1.15. The van der Waals surface area contributed by atoms with Crippen molar-refractivity contribution in [1.29, 1.82) is 0 Å². The van der Waals surface area contributed by atoms with E-state index in [9.17, 15) is 0 Å². The van der Waals surface area contributed by atoms with Crippen LogP contribution in [-0.4, -0.2) is 11.2 Å². The number of benzene rings is 1. The molecule has 3 rings (SSSR count). The lowest BCUT2D eigenvalue weighted by molar-refractivity contribution is 0.245. The van der Waals surface area contributed by atoms with Crippen molar-refractivity contribution in [3.63, 3.8) is 0 Å². The first-order chi connectivity index (χ1) is 9.33. The number of ether oxygens (including phenoxy) is 1. The Morgan fingerprint density at radius 3 is 3.00 bits per heavy atom. The van der Waals surface area contributed by atoms with Crippen LogP contribution in [0.1, 0.15) is 24.2 Å². The highest BCUT2D eigenvalue weighted by atomic mass is 79.9. The molecule has 0 unspecified atom stereocenters. The van der Waals surface area contributed by atoms with E-state index in [4.69, 9.17) is 9.26 Å². The molecular weight excluding hydrogens is 308 g/mol. The Morgan fingerprint density at radius 1 is 1.37 bits per heavy atom. The maximum Gasteiger partial charge on any atom is 0.174 e. The molecule has 0 saturated heterocycles. The molecule has 1 fully saturated rings. The van der Waals surface area contributed by atoms with Crippen LogP contribution < -0.4 is 10.1 Å². The lowest BCUT2D eigenvalue weighted by atomic mass is 10.2. The van der Waals surface area contributed by atoms with Gasteiger partial charge in [-0.1, -0.05) is 17.3 Å². The van der Waals surface area contributed by atoms with Crippen LogP contribution in [0.25, 0.3) is 0 Å². The molecule has 0 atom stereocenters. The third-order valence-corrected chi connectivity index (χ3v) is 3.68. The number of nitrogens with one attached hydrogen (secondary N) is 1. The minimum atomic E-state index is 0.388. The zero-order valence-corrected chi connectivity index (χ0v) is 12.0. The SMILES string of the molecule is Brc1cccc(CNC2CC2)c1OCc1ccno1. The predicted octanol–water partition coefficient (Wildman–Crippen LogP) is 3.27. The van der Waals surface area contributed by atoms with Gasteiger partial charge in [0.15, 0.2) is 5.76 Å². The van der Waals surface area contributed by atoms with Crippen LogP contribution in [0.5, 0.6) is 5.75 Å². The van der Waals surface area contributed by atoms with Gasteiger partial charge in [0.2, 0.25) is 0 Å². The summed E-state index contributed by atoms with van der Waals surface area (Å²) in [5.74, 6) is 1.59. The zero-order valence-electron chi connectivity index (χ0n) is 10.4. The topological polar surface area (TPSA) is 47.3 Å². The Kier molecular flexibility index (Phi) is 3.84. The van der Waals surface area contributed by atoms with Crippen LogP contribution in [0.2, 0.25) is 0 Å². The van der Waals surface area contributed by atoms with E-state index in [-0.39, 0.29) is 0 Å². The third-order valence-electron chi connectivity index (χ3n) is 3.06. The van der Waals surface area contributed by atoms with E-state index in [1.54, 1.807) is 12.3 Å². The van der Waals surface area contributed by atoms with Crippen molar-refractivity contribution < 1.29 is 9.26 Å². The van der Waals surface area contributed by atoms with E-state index >= 15 is 0 Å². The standard InChI is InChI=1S/C14H15BrN2O2/c15-13-3-1-2-10(8-16-11-4-5-11)14(13)18-9-12-6-7-17-19-12/h1-3,6-7,11,16H,4-5,8-9H2. The molecule has 0 spiro atoms. The van der Waals surface area contributed by atoms with Gasteiger partial charge in [-0.2, -0.15) is 0 Å². The number of halogens is 1. The summed E-state index contributed by atoms with van der Waals surface area (Å²) in [7, 11) is 0. The van der Waals surface area contributed by atoms with E-state index in [0.717, 1.165) is 28.1 Å². The van der Waals surface area contributed by atoms with Gasteiger partial charge in [-0.3, -0.25) is 0 Å². The van der Waals surface area contributed by atoms with Crippen LogP contribution in [0.4, 0.5) is 0 Å². The van der Waals surface area contributed by atoms with E-state index in [1.807, 2.05) is 12.1 Å². The minimum Gasteiger partial charge on any atom is -0.484 e. The summed E-state index contributed by atoms with van der Waals surface area (Å²) >= 11 is 3.54. The van der Waals surface area contributed by atoms with E-state index in [1.165, 1.54) is 12.8 Å². The largest absolute Gasteiger partial charge is 0.484 e. The average molecular weight is 323 g/mol. The van der Waals surface area contributed by atoms with Crippen molar-refractivity contribution in [2.75, 3.05) is 0 Å². The molecule has 1 N–H and O–H groups in total. The van der Waals surface area contributed by atoms with Crippen molar-refractivity contribution in [3.8, 4) is 5.75 Å². The molecule has 100 valence electrons. The van der Waals surface area contributed by atoms with Crippen molar-refractivity contribution >= 4 is 15.9 Å². The van der Waals surface area contributed by atoms with Crippen LogP contribution in [-0.2, 0) is 13.2 Å². The van der Waals surface area contributed by atoms with Crippen molar-refractivity contribution in [1.82, 2.24) is 10.5 Å². The second kappa shape index (κ2) is 5.75. The van der Waals surface area contributed by atoms with Gasteiger partial charge in [-0.25, -0.2) is 0 Å². The molecule has 1 aliphatic rings. The van der Waals surface area contributed by atoms with Crippen LogP contribution in [0.15, 0.2) is 39.5 Å². The second-order valence-electron chi connectivity index (χ2n) is 4.65. The first-order valence-corrected chi connectivity index (χ1v) is 7.15. The Balaban J connectivity index is 1.69. The fourth-order valence-corrected chi connectivity index (χ4v) is 2.38. The van der Waals surface area contributed by atoms with Gasteiger partial charge in [0.05, 0.1) is 10.7 Å². The average Bonchev–Trinajstić information content (AvgIpc) is 3.10. The van der Waals surface area contributed by atoms with Gasteiger partial charge < -0.3 is 14.6 Å². The zero-order chi connectivity index (χ0) is 13.1. The van der Waals surface area contributed by atoms with Gasteiger partial charge in [0, 0.05) is 24.2 Å². The lowest BCUT2D eigenvalue weighted by Crippen LogP contribution is -2.16. The van der Waals surface area contributed by atoms with Crippen molar-refractivity contribution in [3.05, 3.63) is 46.3 Å². The smallest absolute Gasteiger partial charge is 0.174 e. The Hall–Kier alpha value is -1.33. The van der Waals surface area contributed by atoms with Gasteiger partial charge in [-0.15, -0.1) is 0 Å². The fraction of sp³-hybridized carbons (Fsp3) is 0.357. The van der Waals surface area contributed by atoms with Crippen LogP contribution in [0.3, 0.4) is 0 Å². The highest BCUT2D eigenvalue weighted by Crippen LogP contribution is 2.30. The molecule has 2 aromatic rings. The molecule has 1 saturated carbocycles. The second-order valence-corrected chi connectivity index (χ2v) is 5.51. The number of aromatic nitrogens is 1. The number of nitrogens with zero attached hydrogens (tertiary/aromatic N) is 1. The van der Waals surface area contributed by atoms with Crippen molar-refractivity contribution in [2.24, 2.45) is 0 Å². The molecule has 1 heterocycles. The molecule has 0 aliphatic heterocycles. The maximum atomic E-state index is 5.84. The van der Waals surface area contributed by atoms with Gasteiger partial charge in [0.25, 0.3) is 0 Å². The Bertz CT molecular complexity index is 538. The molecule has 4 nitrogen and oxygen atoms in total. The molecule has 19 heavy (non-hydrogen) atoms. The highest BCUT2D eigenvalue weighted by molar-refractivity contribution is 9.10. The number of hydrogen-bond acceptors (Lipinski definition) is 4. The molecule has 0 amide bonds. The Labute approximate surface area is 120 Å². The molecule has 5 heteroatoms. The summed E-state index contributed by atoms with van der Waals surface area (Å²) < 4.78 is 11.8. The summed E-state index contributed by atoms with van der Waals surface area (Å²) in [4.78, 5) is 0. The van der Waals surface area contributed by atoms with Crippen molar-refractivity contribution in [2.45, 2.75) is 32.0 Å². The highest BCUT2D eigenvalue weighted by Gasteiger charge is 2.21. The number of hydrogen-bond donors (Lipinski definition) is 1. The molecule has 1 aromatic heterocycles. The number of rotatable bonds is 6. The monoisotopic (exact) mass is 322 g/mol. The molecule has 1 aromatic carbocycles. The summed E-state index contributed by atoms with van der Waals surface area (Å²) in [6, 6.07) is 8.57. The van der Waals surface area contributed by atoms with Crippen LogP contribution in [0, 0.1) is 0 Å². The van der Waals surface area contributed by atoms with E-state index in [2.05, 4.69) is 32.5 Å². The van der Waals surface area contributed by atoms with E-state index < -0.39 is 0 Å². The normalized spacial score (nSPS) is 14.6. The van der Waals surface area contributed by atoms with Crippen LogP contribution >= 0.6 is 15.9 Å². The molecular formula is C14H15BrN2O2. The fourth-order valence-electron chi connectivity index (χ4n) is 1.86. The molecule has 0 bridgehead atoms. The number of para-hydroxylation sites is 1. The quantitative estimate of drug-likeness (QED) is 0.886. The lowest BCUT2D eigenvalue weighted by Gasteiger charge is -2.12. The molecule has 0 radical (unpaired) electrons. The third kappa shape index (κ3) is 3.36. The molecule has 1 aliphatic carbocycles. The maximum absolute atomic E-state index is 5.84. The van der Waals surface area contributed by atoms with Gasteiger partial charge in [-0.05, 0) is 34.8 Å². The first-order valence-electron chi connectivity index (χ1n) is 6.36. The van der Waals surface area contributed by atoms with E-state index in [0.29, 0.717) is 12.6 Å². The minimum absolute atomic E-state index is 0.388. The Morgan fingerprint density at radius 2 is 2.26 bits per heavy atom. The predicted molar refractivity (Wildman–Crippen MR) is 74.8 cm³/mol. The summed E-state index contributed by atoms with van der Waals surface area (Å²) in [6.07, 6.45) is 4.18. The summed E-state index contributed by atoms with van der Waals surface area (Å²) in [6.45, 7) is 1.22.